The molecule has 0 saturated carbocycles. The summed E-state index contributed by atoms with van der Waals surface area (Å²) in [6.07, 6.45) is 15.9. The first kappa shape index (κ1) is 29.6. The van der Waals surface area contributed by atoms with E-state index < -0.39 is 0 Å². The molecule has 0 amide bonds. The summed E-state index contributed by atoms with van der Waals surface area (Å²) >= 11 is 0. The summed E-state index contributed by atoms with van der Waals surface area (Å²) in [5.74, 6) is -0.0591. The zero-order valence-electron chi connectivity index (χ0n) is 19.6. The molecule has 0 aliphatic rings. The molecule has 4 nitrogen and oxygen atoms in total. The van der Waals surface area contributed by atoms with Crippen molar-refractivity contribution in [2.24, 2.45) is 5.92 Å². The molecule has 0 heterocycles. The van der Waals surface area contributed by atoms with Crippen LogP contribution in [0, 0.1) is 5.92 Å². The average molecular weight is 411 g/mol. The Morgan fingerprint density at radius 1 is 0.862 bits per heavy atom. The minimum Gasteiger partial charge on any atom is -0.463 e. The van der Waals surface area contributed by atoms with Gasteiger partial charge < -0.3 is 9.47 Å². The third-order valence-corrected chi connectivity index (χ3v) is 4.75. The largest absolute Gasteiger partial charge is 0.463 e. The third-order valence-electron chi connectivity index (χ3n) is 4.75. The molecule has 0 aromatic rings. The van der Waals surface area contributed by atoms with Crippen molar-refractivity contribution in [1.82, 2.24) is 0 Å². The Hall–Kier alpha value is -1.58. The fraction of sp³-hybridized carbons (Fsp3) is 0.760. The highest BCUT2D eigenvalue weighted by atomic mass is 16.5. The average Bonchev–Trinajstić information content (AvgIpc) is 2.72. The van der Waals surface area contributed by atoms with E-state index in [1.165, 1.54) is 57.4 Å². The lowest BCUT2D eigenvalue weighted by Gasteiger charge is -2.14. The summed E-state index contributed by atoms with van der Waals surface area (Å²) in [6, 6.07) is 0. The van der Waals surface area contributed by atoms with Crippen LogP contribution in [0.15, 0.2) is 24.8 Å². The van der Waals surface area contributed by atoms with E-state index in [-0.39, 0.29) is 11.9 Å². The molecule has 1 unspecified atom stereocenters. The summed E-state index contributed by atoms with van der Waals surface area (Å²) < 4.78 is 9.99. The van der Waals surface area contributed by atoms with Crippen molar-refractivity contribution in [1.29, 1.82) is 0 Å². The molecular weight excluding hydrogens is 364 g/mol. The van der Waals surface area contributed by atoms with E-state index >= 15 is 0 Å². The van der Waals surface area contributed by atoms with Crippen LogP contribution in [-0.4, -0.2) is 25.2 Å². The third kappa shape index (κ3) is 22.6. The molecule has 170 valence electrons. The highest BCUT2D eigenvalue weighted by molar-refractivity contribution is 5.86. The van der Waals surface area contributed by atoms with E-state index in [2.05, 4.69) is 33.9 Å². The lowest BCUT2D eigenvalue weighted by Crippen LogP contribution is -2.14. The first-order valence-electron chi connectivity index (χ1n) is 11.5. The summed E-state index contributed by atoms with van der Waals surface area (Å²) in [6.45, 7) is 16.2. The quantitative estimate of drug-likeness (QED) is 0.145. The minimum atomic E-state index is -0.307. The smallest absolute Gasteiger partial charge is 0.333 e. The van der Waals surface area contributed by atoms with E-state index in [1.54, 1.807) is 6.92 Å². The van der Waals surface area contributed by atoms with Gasteiger partial charge in [-0.25, -0.2) is 9.59 Å². The van der Waals surface area contributed by atoms with Crippen molar-refractivity contribution in [3.8, 4) is 0 Å². The van der Waals surface area contributed by atoms with Crippen LogP contribution in [-0.2, 0) is 19.1 Å². The molecule has 0 aliphatic carbocycles. The molecule has 4 heteroatoms. The van der Waals surface area contributed by atoms with Crippen molar-refractivity contribution < 1.29 is 19.1 Å². The van der Waals surface area contributed by atoms with E-state index in [4.69, 9.17) is 9.47 Å². The maximum Gasteiger partial charge on any atom is 0.333 e. The molecule has 0 rings (SSSR count). The van der Waals surface area contributed by atoms with Crippen LogP contribution >= 0.6 is 0 Å². The number of unbranched alkanes of at least 4 members (excludes halogenated alkanes) is 8. The topological polar surface area (TPSA) is 52.6 Å². The zero-order valence-corrected chi connectivity index (χ0v) is 19.6. The Morgan fingerprint density at radius 3 is 1.90 bits per heavy atom. The summed E-state index contributed by atoms with van der Waals surface area (Å²) in [7, 11) is 0. The Labute approximate surface area is 180 Å². The van der Waals surface area contributed by atoms with Crippen LogP contribution in [0.4, 0.5) is 0 Å². The maximum absolute atomic E-state index is 11.1. The van der Waals surface area contributed by atoms with Crippen LogP contribution in [0.2, 0.25) is 0 Å². The molecule has 0 N–H and O–H groups in total. The maximum atomic E-state index is 11.1. The normalized spacial score (nSPS) is 11.0. The van der Waals surface area contributed by atoms with Crippen LogP contribution in [0.1, 0.15) is 105 Å². The van der Waals surface area contributed by atoms with Crippen LogP contribution < -0.4 is 0 Å². The van der Waals surface area contributed by atoms with E-state index in [9.17, 15) is 9.59 Å². The second kappa shape index (κ2) is 22.7. The van der Waals surface area contributed by atoms with E-state index in [0.29, 0.717) is 24.7 Å². The molecule has 29 heavy (non-hydrogen) atoms. The molecule has 0 radical (unpaired) electrons. The summed E-state index contributed by atoms with van der Waals surface area (Å²) in [4.78, 5) is 21.8. The monoisotopic (exact) mass is 410 g/mol. The SMILES string of the molecule is C=C(C)C(=O)OCC(CC)CCCC.C=CC(=O)OCCCCCCCCCC. The van der Waals surface area contributed by atoms with Gasteiger partial charge in [0.1, 0.15) is 0 Å². The Kier molecular flexibility index (Phi) is 23.2. The molecule has 0 saturated heterocycles. The number of ether oxygens (including phenoxy) is 2. The van der Waals surface area contributed by atoms with Gasteiger partial charge in [0.15, 0.2) is 0 Å². The molecule has 0 aromatic carbocycles. The van der Waals surface area contributed by atoms with Gasteiger partial charge >= 0.3 is 11.9 Å². The van der Waals surface area contributed by atoms with Gasteiger partial charge in [-0.05, 0) is 25.7 Å². The molecule has 0 bridgehead atoms. The van der Waals surface area contributed by atoms with E-state index in [1.807, 2.05) is 0 Å². The number of carbonyl (C=O) groups excluding carboxylic acids is 2. The predicted molar refractivity (Wildman–Crippen MR) is 123 cm³/mol. The number of hydrogen-bond donors (Lipinski definition) is 0. The second-order valence-electron chi connectivity index (χ2n) is 7.64. The van der Waals surface area contributed by atoms with E-state index in [0.717, 1.165) is 25.7 Å². The molecule has 0 fully saturated rings. The number of esters is 2. The zero-order chi connectivity index (χ0) is 22.3. The first-order valence-corrected chi connectivity index (χ1v) is 11.5. The van der Waals surface area contributed by atoms with Crippen LogP contribution in [0.25, 0.3) is 0 Å². The van der Waals surface area contributed by atoms with Gasteiger partial charge in [-0.1, -0.05) is 98.1 Å². The molecular formula is C25H46O4. The molecule has 0 aromatic heterocycles. The predicted octanol–water partition coefficient (Wildman–Crippen LogP) is 7.18. The van der Waals surface area contributed by atoms with Crippen molar-refractivity contribution in [2.75, 3.05) is 13.2 Å². The van der Waals surface area contributed by atoms with Gasteiger partial charge in [0, 0.05) is 11.6 Å². The van der Waals surface area contributed by atoms with Crippen LogP contribution in [0.5, 0.6) is 0 Å². The summed E-state index contributed by atoms with van der Waals surface area (Å²) in [5.41, 5.74) is 0.482. The lowest BCUT2D eigenvalue weighted by molar-refractivity contribution is -0.140. The number of hydrogen-bond acceptors (Lipinski definition) is 4. The van der Waals surface area contributed by atoms with Gasteiger partial charge in [-0.15, -0.1) is 0 Å². The van der Waals surface area contributed by atoms with Gasteiger partial charge in [0.05, 0.1) is 13.2 Å². The fourth-order valence-corrected chi connectivity index (χ4v) is 2.68. The lowest BCUT2D eigenvalue weighted by atomic mass is 10.0. The molecule has 1 atom stereocenters. The second-order valence-corrected chi connectivity index (χ2v) is 7.64. The first-order chi connectivity index (χ1) is 13.9. The highest BCUT2D eigenvalue weighted by Crippen LogP contribution is 2.13. The van der Waals surface area contributed by atoms with Gasteiger partial charge in [-0.3, -0.25) is 0 Å². The van der Waals surface area contributed by atoms with Gasteiger partial charge in [0.2, 0.25) is 0 Å². The minimum absolute atomic E-state index is 0.264. The Bertz CT molecular complexity index is 429. The van der Waals surface area contributed by atoms with Crippen molar-refractivity contribution >= 4 is 11.9 Å². The molecule has 0 spiro atoms. The van der Waals surface area contributed by atoms with Crippen LogP contribution in [0.3, 0.4) is 0 Å². The van der Waals surface area contributed by atoms with Crippen molar-refractivity contribution in [3.05, 3.63) is 24.8 Å². The number of rotatable bonds is 17. The Balaban J connectivity index is 0. The summed E-state index contributed by atoms with van der Waals surface area (Å²) in [5, 5.41) is 0. The Morgan fingerprint density at radius 2 is 1.41 bits per heavy atom. The van der Waals surface area contributed by atoms with Gasteiger partial charge in [-0.2, -0.15) is 0 Å². The highest BCUT2D eigenvalue weighted by Gasteiger charge is 2.09. The van der Waals surface area contributed by atoms with Crippen molar-refractivity contribution in [2.45, 2.75) is 105 Å². The van der Waals surface area contributed by atoms with Gasteiger partial charge in [0.25, 0.3) is 0 Å². The van der Waals surface area contributed by atoms with Crippen molar-refractivity contribution in [3.63, 3.8) is 0 Å². The number of carbonyl (C=O) groups is 2. The standard InChI is InChI=1S/C13H24O2.C12H22O2/c1-3-5-6-7-8-9-10-11-12-15-13(14)4-2;1-5-7-8-11(6-2)9-14-12(13)10(3)4/h4H,2-3,5-12H2,1H3;11H,3,5-9H2,1-2,4H3. The molecule has 0 aliphatic heterocycles. The fourth-order valence-electron chi connectivity index (χ4n) is 2.68.